The molecule has 1 fully saturated rings. The lowest BCUT2D eigenvalue weighted by Gasteiger charge is -2.13. The van der Waals surface area contributed by atoms with Crippen molar-refractivity contribution < 1.29 is 9.59 Å². The summed E-state index contributed by atoms with van der Waals surface area (Å²) in [5.41, 5.74) is 6.09. The molecule has 0 bridgehead atoms. The Balaban J connectivity index is 1.89. The van der Waals surface area contributed by atoms with Crippen LogP contribution >= 0.6 is 24.0 Å². The Morgan fingerprint density at radius 3 is 2.64 bits per heavy atom. The summed E-state index contributed by atoms with van der Waals surface area (Å²) >= 11 is 6.62. The van der Waals surface area contributed by atoms with Gasteiger partial charge < -0.3 is 5.73 Å². The van der Waals surface area contributed by atoms with Crippen LogP contribution in [0.2, 0.25) is 0 Å². The van der Waals surface area contributed by atoms with Gasteiger partial charge in [0, 0.05) is 13.0 Å². The normalized spacial score (nSPS) is 16.5. The van der Waals surface area contributed by atoms with E-state index in [0.29, 0.717) is 22.2 Å². The minimum Gasteiger partial charge on any atom is -0.370 e. The van der Waals surface area contributed by atoms with Gasteiger partial charge in [-0.15, -0.1) is 0 Å². The van der Waals surface area contributed by atoms with Gasteiger partial charge in [-0.3, -0.25) is 14.5 Å². The van der Waals surface area contributed by atoms with Gasteiger partial charge in [-0.05, 0) is 24.5 Å². The predicted molar refractivity (Wildman–Crippen MR) is 94.0 cm³/mol. The maximum atomic E-state index is 12.4. The number of nitrogens with two attached hydrogens (primary N) is 1. The maximum absolute atomic E-state index is 12.4. The van der Waals surface area contributed by atoms with Gasteiger partial charge in [0.25, 0.3) is 5.91 Å². The van der Waals surface area contributed by atoms with Crippen LogP contribution in [-0.2, 0) is 9.59 Å². The van der Waals surface area contributed by atoms with Gasteiger partial charge in [-0.2, -0.15) is 0 Å². The third-order valence-electron chi connectivity index (χ3n) is 3.28. The van der Waals surface area contributed by atoms with E-state index in [1.54, 1.807) is 4.90 Å². The summed E-state index contributed by atoms with van der Waals surface area (Å²) in [7, 11) is 0. The highest BCUT2D eigenvalue weighted by Gasteiger charge is 2.31. The number of carbonyl (C=O) groups is 2. The summed E-state index contributed by atoms with van der Waals surface area (Å²) in [6.45, 7) is 0.593. The van der Waals surface area contributed by atoms with Crippen LogP contribution in [0.15, 0.2) is 35.2 Å². The van der Waals surface area contributed by atoms with E-state index in [1.807, 2.05) is 36.4 Å². The third kappa shape index (κ3) is 4.68. The molecule has 0 aliphatic carbocycles. The first-order valence-corrected chi connectivity index (χ1v) is 8.39. The average Bonchev–Trinajstić information content (AvgIpc) is 2.75. The van der Waals surface area contributed by atoms with Crippen LogP contribution in [-0.4, -0.2) is 27.6 Å². The Kier molecular flexibility index (Phi) is 6.15. The van der Waals surface area contributed by atoms with E-state index < -0.39 is 0 Å². The van der Waals surface area contributed by atoms with Gasteiger partial charge in [0.1, 0.15) is 4.32 Å². The summed E-state index contributed by atoms with van der Waals surface area (Å²) in [5, 5.41) is 0. The van der Waals surface area contributed by atoms with E-state index in [-0.39, 0.29) is 11.8 Å². The molecule has 0 spiro atoms. The highest BCUT2D eigenvalue weighted by atomic mass is 32.2. The number of nitrogens with zero attached hydrogens (tertiary/aromatic N) is 1. The molecule has 2 amide bonds. The predicted octanol–water partition coefficient (Wildman–Crippen LogP) is 2.93. The van der Waals surface area contributed by atoms with Crippen LogP contribution in [0, 0.1) is 0 Å². The molecule has 1 aliphatic heterocycles. The van der Waals surface area contributed by atoms with Crippen molar-refractivity contribution in [3.63, 3.8) is 0 Å². The molecule has 0 atom stereocenters. The van der Waals surface area contributed by atoms with Crippen molar-refractivity contribution in [2.24, 2.45) is 5.73 Å². The first kappa shape index (κ1) is 16.7. The summed E-state index contributed by atoms with van der Waals surface area (Å²) < 4.78 is 0.599. The molecule has 6 heteroatoms. The van der Waals surface area contributed by atoms with Crippen molar-refractivity contribution in [3.8, 4) is 0 Å². The molecule has 0 aromatic heterocycles. The second-order valence-electron chi connectivity index (χ2n) is 5.02. The van der Waals surface area contributed by atoms with Crippen molar-refractivity contribution in [1.82, 2.24) is 4.90 Å². The average molecular weight is 334 g/mol. The van der Waals surface area contributed by atoms with Gasteiger partial charge in [-0.25, -0.2) is 0 Å². The van der Waals surface area contributed by atoms with Crippen LogP contribution in [0.4, 0.5) is 0 Å². The molecule has 1 aromatic carbocycles. The van der Waals surface area contributed by atoms with Crippen molar-refractivity contribution in [3.05, 3.63) is 40.8 Å². The topological polar surface area (TPSA) is 63.4 Å². The Hall–Kier alpha value is -1.66. The number of carbonyl (C=O) groups excluding carboxylic acids is 2. The minimum absolute atomic E-state index is 0.0336. The van der Waals surface area contributed by atoms with Crippen LogP contribution in [0.5, 0.6) is 0 Å². The lowest BCUT2D eigenvalue weighted by molar-refractivity contribution is -0.122. The Morgan fingerprint density at radius 2 is 1.95 bits per heavy atom. The number of hydrogen-bond acceptors (Lipinski definition) is 4. The molecule has 0 unspecified atom stereocenters. The third-order valence-corrected chi connectivity index (χ3v) is 4.65. The molecular formula is C16H18N2O2S2. The van der Waals surface area contributed by atoms with Crippen molar-refractivity contribution in [1.29, 1.82) is 0 Å². The molecule has 1 heterocycles. The van der Waals surface area contributed by atoms with E-state index in [1.165, 1.54) is 11.8 Å². The molecule has 1 aliphatic rings. The summed E-state index contributed by atoms with van der Waals surface area (Å²) in [4.78, 5) is 25.3. The monoisotopic (exact) mass is 334 g/mol. The first-order valence-electron chi connectivity index (χ1n) is 7.16. The Bertz CT molecular complexity index is 599. The van der Waals surface area contributed by atoms with Crippen molar-refractivity contribution in [2.45, 2.75) is 25.7 Å². The second kappa shape index (κ2) is 8.10. The molecule has 2 rings (SSSR count). The Labute approximate surface area is 139 Å². The van der Waals surface area contributed by atoms with Crippen molar-refractivity contribution >= 4 is 46.2 Å². The fourth-order valence-corrected chi connectivity index (χ4v) is 3.45. The van der Waals surface area contributed by atoms with Gasteiger partial charge >= 0.3 is 0 Å². The number of amides is 2. The smallest absolute Gasteiger partial charge is 0.266 e. The summed E-state index contributed by atoms with van der Waals surface area (Å²) in [5.74, 6) is -0.315. The molecule has 22 heavy (non-hydrogen) atoms. The number of rotatable bonds is 7. The summed E-state index contributed by atoms with van der Waals surface area (Å²) in [6.07, 6.45) is 4.69. The SMILES string of the molecule is NC(=O)CCCCCN1C(=O)/C(=C/c2ccccc2)SC1=S. The molecule has 1 saturated heterocycles. The molecular weight excluding hydrogens is 316 g/mol. The molecule has 116 valence electrons. The van der Waals surface area contributed by atoms with E-state index in [2.05, 4.69) is 0 Å². The molecule has 0 saturated carbocycles. The lowest BCUT2D eigenvalue weighted by atomic mass is 10.2. The quantitative estimate of drug-likeness (QED) is 0.473. The molecule has 2 N–H and O–H groups in total. The standard InChI is InChI=1S/C16H18N2O2S2/c17-14(19)9-5-2-6-10-18-15(20)13(22-16(18)21)11-12-7-3-1-4-8-12/h1,3-4,7-8,11H,2,5-6,9-10H2,(H2,17,19)/b13-11-. The van der Waals surface area contributed by atoms with Crippen LogP contribution in [0.25, 0.3) is 6.08 Å². The van der Waals surface area contributed by atoms with Gasteiger partial charge in [0.2, 0.25) is 5.91 Å². The number of benzene rings is 1. The molecule has 4 nitrogen and oxygen atoms in total. The maximum Gasteiger partial charge on any atom is 0.266 e. The Morgan fingerprint density at radius 1 is 1.23 bits per heavy atom. The zero-order chi connectivity index (χ0) is 15.9. The minimum atomic E-state index is -0.281. The van der Waals surface area contributed by atoms with Crippen LogP contribution in [0.1, 0.15) is 31.2 Å². The van der Waals surface area contributed by atoms with E-state index in [0.717, 1.165) is 24.8 Å². The van der Waals surface area contributed by atoms with Gasteiger partial charge in [0.15, 0.2) is 0 Å². The number of primary amides is 1. The fourth-order valence-electron chi connectivity index (χ4n) is 2.14. The van der Waals surface area contributed by atoms with Crippen molar-refractivity contribution in [2.75, 3.05) is 6.54 Å². The van der Waals surface area contributed by atoms with E-state index in [4.69, 9.17) is 18.0 Å². The number of thioether (sulfide) groups is 1. The second-order valence-corrected chi connectivity index (χ2v) is 6.70. The number of hydrogen-bond donors (Lipinski definition) is 1. The molecule has 0 radical (unpaired) electrons. The van der Waals surface area contributed by atoms with E-state index >= 15 is 0 Å². The van der Waals surface area contributed by atoms with Gasteiger partial charge in [-0.1, -0.05) is 60.7 Å². The largest absolute Gasteiger partial charge is 0.370 e. The summed E-state index contributed by atoms with van der Waals surface area (Å²) in [6, 6.07) is 9.72. The first-order chi connectivity index (χ1) is 10.6. The van der Waals surface area contributed by atoms with Crippen LogP contribution < -0.4 is 5.73 Å². The highest BCUT2D eigenvalue weighted by molar-refractivity contribution is 8.26. The fraction of sp³-hybridized carbons (Fsp3) is 0.312. The lowest BCUT2D eigenvalue weighted by Crippen LogP contribution is -2.29. The number of unbranched alkanes of at least 4 members (excludes halogenated alkanes) is 2. The zero-order valence-corrected chi connectivity index (χ0v) is 13.8. The van der Waals surface area contributed by atoms with Crippen LogP contribution in [0.3, 0.4) is 0 Å². The number of thiocarbonyl (C=S) groups is 1. The zero-order valence-electron chi connectivity index (χ0n) is 12.2. The highest BCUT2D eigenvalue weighted by Crippen LogP contribution is 2.32. The van der Waals surface area contributed by atoms with Gasteiger partial charge in [0.05, 0.1) is 4.91 Å². The molecule has 1 aromatic rings. The van der Waals surface area contributed by atoms with E-state index in [9.17, 15) is 9.59 Å².